The van der Waals surface area contributed by atoms with Crippen LogP contribution in [0.5, 0.6) is 0 Å². The number of hydrogen-bond acceptors (Lipinski definition) is 7. The highest BCUT2D eigenvalue weighted by atomic mass is 16.7. The van der Waals surface area contributed by atoms with Gasteiger partial charge in [-0.15, -0.1) is 0 Å². The van der Waals surface area contributed by atoms with Crippen molar-refractivity contribution in [2.75, 3.05) is 13.2 Å². The van der Waals surface area contributed by atoms with E-state index in [2.05, 4.69) is 47.6 Å². The lowest BCUT2D eigenvalue weighted by atomic mass is 9.68. The van der Waals surface area contributed by atoms with Crippen molar-refractivity contribution in [3.63, 3.8) is 0 Å². The minimum Gasteiger partial charge on any atom is -0.364 e. The predicted octanol–water partition coefficient (Wildman–Crippen LogP) is 4.17. The van der Waals surface area contributed by atoms with E-state index >= 15 is 0 Å². The van der Waals surface area contributed by atoms with Gasteiger partial charge in [-0.25, -0.2) is 0 Å². The Morgan fingerprint density at radius 3 is 2.44 bits per heavy atom. The molecule has 2 N–H and O–H groups in total. The van der Waals surface area contributed by atoms with Crippen molar-refractivity contribution in [3.8, 4) is 28.3 Å². The van der Waals surface area contributed by atoms with Crippen LogP contribution in [0.4, 0.5) is 0 Å². The Hall–Kier alpha value is -4.44. The molecule has 192 valence electrons. The Kier molecular flexibility index (Phi) is 4.78. The summed E-state index contributed by atoms with van der Waals surface area (Å²) in [6.07, 6.45) is 6.73. The molecule has 2 aliphatic rings. The van der Waals surface area contributed by atoms with Crippen molar-refractivity contribution < 1.29 is 18.4 Å². The zero-order valence-electron chi connectivity index (χ0n) is 21.0. The van der Waals surface area contributed by atoms with Crippen LogP contribution in [0.25, 0.3) is 44.9 Å². The highest BCUT2D eigenvalue weighted by Gasteiger charge is 2.57. The molecule has 0 radical (unpaired) electrons. The summed E-state index contributed by atoms with van der Waals surface area (Å²) in [6, 6.07) is 24.5. The van der Waals surface area contributed by atoms with E-state index in [1.807, 2.05) is 51.8 Å². The Labute approximate surface area is 223 Å². The first-order chi connectivity index (χ1) is 19.1. The summed E-state index contributed by atoms with van der Waals surface area (Å²) in [7, 11) is 0. The topological polar surface area (TPSA) is 105 Å². The van der Waals surface area contributed by atoms with E-state index in [-0.39, 0.29) is 0 Å². The fraction of sp³-hybridized carbons (Fsp3) is 0.200. The van der Waals surface area contributed by atoms with Gasteiger partial charge in [0.05, 0.1) is 41.0 Å². The standard InChI is InChI=1S/C30H25N6O3/c31-29(18-30(19-29)37-14-15-38-30)22-6-8-23(9-7-22)36-28-24-16-21(20-4-2-1-3-5-20)17-32-25(24)10-12-35(28)27(33-36)26-11-13-39-34-26/h1-13,16-17H,14-15,18-19,31H2/q+1. The van der Waals surface area contributed by atoms with Gasteiger partial charge in [-0.2, -0.15) is 4.40 Å². The molecule has 4 aromatic heterocycles. The molecule has 6 aromatic rings. The number of hydrogen-bond donors (Lipinski definition) is 1. The average Bonchev–Trinajstić information content (AvgIpc) is 3.73. The van der Waals surface area contributed by atoms with Gasteiger partial charge in [0.1, 0.15) is 12.0 Å². The van der Waals surface area contributed by atoms with Crippen molar-refractivity contribution in [2.24, 2.45) is 5.73 Å². The van der Waals surface area contributed by atoms with Crippen molar-refractivity contribution in [1.29, 1.82) is 0 Å². The molecule has 0 amide bonds. The van der Waals surface area contributed by atoms with Crippen LogP contribution in [-0.4, -0.2) is 38.9 Å². The second-order valence-electron chi connectivity index (χ2n) is 10.3. The van der Waals surface area contributed by atoms with E-state index < -0.39 is 11.3 Å². The van der Waals surface area contributed by atoms with Crippen molar-refractivity contribution in [3.05, 3.63) is 97.0 Å². The van der Waals surface area contributed by atoms with Crippen LogP contribution >= 0.6 is 0 Å². The third kappa shape index (κ3) is 3.51. The summed E-state index contributed by atoms with van der Waals surface area (Å²) in [4.78, 5) is 4.79. The molecular formula is C30H25N6O3+. The molecule has 0 unspecified atom stereocenters. The summed E-state index contributed by atoms with van der Waals surface area (Å²) in [5.74, 6) is 0.151. The number of nitrogens with zero attached hydrogens (tertiary/aromatic N) is 5. The van der Waals surface area contributed by atoms with Crippen molar-refractivity contribution in [2.45, 2.75) is 24.2 Å². The van der Waals surface area contributed by atoms with E-state index in [1.165, 1.54) is 0 Å². The van der Waals surface area contributed by atoms with Crippen LogP contribution < -0.4 is 10.1 Å². The second-order valence-corrected chi connectivity index (χ2v) is 10.3. The molecule has 39 heavy (non-hydrogen) atoms. The van der Waals surface area contributed by atoms with Gasteiger partial charge in [0, 0.05) is 30.7 Å². The maximum atomic E-state index is 6.76. The lowest BCUT2D eigenvalue weighted by Crippen LogP contribution is -2.60. The van der Waals surface area contributed by atoms with E-state index in [4.69, 9.17) is 29.8 Å². The number of ether oxygens (including phenoxy) is 2. The molecular weight excluding hydrogens is 492 g/mol. The van der Waals surface area contributed by atoms with Gasteiger partial charge in [0.25, 0.3) is 5.65 Å². The highest BCUT2D eigenvalue weighted by Crippen LogP contribution is 2.51. The minimum absolute atomic E-state index is 0.475. The minimum atomic E-state index is -0.517. The normalized spacial score (nSPS) is 17.7. The summed E-state index contributed by atoms with van der Waals surface area (Å²) < 4.78 is 20.7. The lowest BCUT2D eigenvalue weighted by Gasteiger charge is -2.50. The number of pyridine rings is 2. The Balaban J connectivity index is 1.28. The van der Waals surface area contributed by atoms with Crippen LogP contribution in [0, 0.1) is 0 Å². The largest absolute Gasteiger partial charge is 0.364 e. The molecule has 1 saturated carbocycles. The first-order valence-electron chi connectivity index (χ1n) is 13.0. The Morgan fingerprint density at radius 1 is 0.897 bits per heavy atom. The molecule has 2 fully saturated rings. The van der Waals surface area contributed by atoms with Gasteiger partial charge < -0.3 is 19.7 Å². The first kappa shape index (κ1) is 22.5. The van der Waals surface area contributed by atoms with E-state index in [1.54, 1.807) is 6.26 Å². The number of fused-ring (bicyclic) bond motifs is 3. The third-order valence-corrected chi connectivity index (χ3v) is 7.84. The molecule has 8 rings (SSSR count). The molecule has 9 nitrogen and oxygen atoms in total. The highest BCUT2D eigenvalue weighted by molar-refractivity contribution is 5.93. The fourth-order valence-electron chi connectivity index (χ4n) is 5.93. The smallest absolute Gasteiger partial charge is 0.336 e. The molecule has 1 aliphatic carbocycles. The SMILES string of the molecule is NC1(c2ccc(-n3nc(-c4ccon4)[n+]4ccc5ncc(-c6ccccc6)cc5c34)cc2)CC2(C1)OCCO2. The van der Waals surface area contributed by atoms with Crippen LogP contribution in [-0.2, 0) is 15.0 Å². The summed E-state index contributed by atoms with van der Waals surface area (Å²) in [5, 5.41) is 10.1. The number of nitrogens with two attached hydrogens (primary N) is 1. The van der Waals surface area contributed by atoms with Crippen LogP contribution in [0.15, 0.2) is 96.0 Å². The summed E-state index contributed by atoms with van der Waals surface area (Å²) in [5.41, 5.74) is 12.8. The maximum Gasteiger partial charge on any atom is 0.336 e. The van der Waals surface area contributed by atoms with Gasteiger partial charge in [-0.3, -0.25) is 4.98 Å². The molecule has 1 saturated heterocycles. The van der Waals surface area contributed by atoms with E-state index in [0.717, 1.165) is 38.9 Å². The monoisotopic (exact) mass is 517 g/mol. The predicted molar refractivity (Wildman–Crippen MR) is 143 cm³/mol. The zero-order chi connectivity index (χ0) is 26.0. The Bertz CT molecular complexity index is 1820. The number of benzene rings is 2. The second kappa shape index (κ2) is 8.28. The molecule has 0 atom stereocenters. The quantitative estimate of drug-likeness (QED) is 0.350. The van der Waals surface area contributed by atoms with Gasteiger partial charge >= 0.3 is 5.82 Å². The van der Waals surface area contributed by atoms with Gasteiger partial charge in [-0.05, 0) is 35.4 Å². The van der Waals surface area contributed by atoms with Crippen molar-refractivity contribution in [1.82, 2.24) is 19.9 Å². The third-order valence-electron chi connectivity index (χ3n) is 7.84. The molecule has 1 aliphatic heterocycles. The van der Waals surface area contributed by atoms with Gasteiger partial charge in [0.15, 0.2) is 11.5 Å². The molecule has 2 aromatic carbocycles. The van der Waals surface area contributed by atoms with Crippen LogP contribution in [0.3, 0.4) is 0 Å². The number of aromatic nitrogens is 5. The average molecular weight is 518 g/mol. The number of rotatable bonds is 4. The van der Waals surface area contributed by atoms with Crippen LogP contribution in [0.1, 0.15) is 18.4 Å². The molecule has 0 bridgehead atoms. The molecule has 5 heterocycles. The Morgan fingerprint density at radius 2 is 1.69 bits per heavy atom. The lowest BCUT2D eigenvalue weighted by molar-refractivity contribution is -0.498. The van der Waals surface area contributed by atoms with Gasteiger partial charge in [-0.1, -0.05) is 52.3 Å². The fourth-order valence-corrected chi connectivity index (χ4v) is 5.93. The van der Waals surface area contributed by atoms with Crippen LogP contribution in [0.2, 0.25) is 0 Å². The van der Waals surface area contributed by atoms with Gasteiger partial charge in [0.2, 0.25) is 0 Å². The first-order valence-corrected chi connectivity index (χ1v) is 13.0. The van der Waals surface area contributed by atoms with Crippen molar-refractivity contribution >= 4 is 16.6 Å². The summed E-state index contributed by atoms with van der Waals surface area (Å²) >= 11 is 0. The summed E-state index contributed by atoms with van der Waals surface area (Å²) in [6.45, 7) is 1.25. The molecule has 1 spiro atoms. The van der Waals surface area contributed by atoms with E-state index in [9.17, 15) is 0 Å². The maximum absolute atomic E-state index is 6.76. The molecule has 9 heteroatoms. The zero-order valence-corrected chi connectivity index (χ0v) is 21.0. The van der Waals surface area contributed by atoms with E-state index in [0.29, 0.717) is 37.6 Å².